The van der Waals surface area contributed by atoms with Gasteiger partial charge in [-0.15, -0.1) is 22.9 Å². The van der Waals surface area contributed by atoms with E-state index < -0.39 is 0 Å². The third-order valence-electron chi connectivity index (χ3n) is 2.75. The summed E-state index contributed by atoms with van der Waals surface area (Å²) in [5.74, 6) is 0. The fourth-order valence-corrected chi connectivity index (χ4v) is 3.54. The second-order valence-electron chi connectivity index (χ2n) is 3.97. The zero-order valence-corrected chi connectivity index (χ0v) is 11.9. The van der Waals surface area contributed by atoms with Crippen LogP contribution < -0.4 is 0 Å². The van der Waals surface area contributed by atoms with Gasteiger partial charge >= 0.3 is 0 Å². The minimum Gasteiger partial charge on any atom is -0.147 e. The van der Waals surface area contributed by atoms with Crippen LogP contribution in [0.25, 0.3) is 0 Å². The van der Waals surface area contributed by atoms with Crippen molar-refractivity contribution >= 4 is 34.5 Å². The molecule has 0 N–H and O–H groups in total. The maximum Gasteiger partial charge on any atom is 0.0721 e. The van der Waals surface area contributed by atoms with Crippen molar-refractivity contribution < 1.29 is 0 Å². The lowest BCUT2D eigenvalue weighted by molar-refractivity contribution is 0.919. The third kappa shape index (κ3) is 3.25. The van der Waals surface area contributed by atoms with Crippen LogP contribution in [0.1, 0.15) is 28.3 Å². The van der Waals surface area contributed by atoms with E-state index in [4.69, 9.17) is 23.2 Å². The third-order valence-corrected chi connectivity index (χ3v) is 4.56. The van der Waals surface area contributed by atoms with E-state index in [-0.39, 0.29) is 5.38 Å². The Balaban J connectivity index is 2.14. The number of benzene rings is 1. The summed E-state index contributed by atoms with van der Waals surface area (Å²) < 4.78 is 0. The zero-order chi connectivity index (χ0) is 12.3. The van der Waals surface area contributed by atoms with Gasteiger partial charge in [0.25, 0.3) is 0 Å². The molecule has 0 saturated heterocycles. The summed E-state index contributed by atoms with van der Waals surface area (Å²) in [5, 5.41) is 2.93. The molecule has 1 unspecified atom stereocenters. The highest BCUT2D eigenvalue weighted by Gasteiger charge is 2.14. The van der Waals surface area contributed by atoms with Gasteiger partial charge in [0.15, 0.2) is 0 Å². The van der Waals surface area contributed by atoms with E-state index in [9.17, 15) is 0 Å². The Morgan fingerprint density at radius 3 is 2.82 bits per heavy atom. The van der Waals surface area contributed by atoms with Crippen LogP contribution >= 0.6 is 34.5 Å². The first kappa shape index (κ1) is 12.9. The molecule has 1 aromatic carbocycles. The Morgan fingerprint density at radius 1 is 1.29 bits per heavy atom. The van der Waals surface area contributed by atoms with Crippen LogP contribution in [-0.2, 0) is 12.8 Å². The Bertz CT molecular complexity index is 490. The van der Waals surface area contributed by atoms with Crippen LogP contribution in [0.4, 0.5) is 0 Å². The second kappa shape index (κ2) is 5.90. The van der Waals surface area contributed by atoms with E-state index in [1.165, 1.54) is 16.0 Å². The molecule has 0 aliphatic heterocycles. The molecule has 1 heterocycles. The molecule has 0 spiro atoms. The van der Waals surface area contributed by atoms with Gasteiger partial charge in [-0.05, 0) is 47.5 Å². The van der Waals surface area contributed by atoms with Crippen LogP contribution in [0.3, 0.4) is 0 Å². The fraction of sp³-hybridized carbons (Fsp3) is 0.286. The Morgan fingerprint density at radius 2 is 2.12 bits per heavy atom. The van der Waals surface area contributed by atoms with E-state index in [1.54, 1.807) is 11.3 Å². The first-order valence-electron chi connectivity index (χ1n) is 5.65. The fourth-order valence-electron chi connectivity index (χ4n) is 1.88. The lowest BCUT2D eigenvalue weighted by Gasteiger charge is -2.10. The molecule has 1 atom stereocenters. The van der Waals surface area contributed by atoms with Crippen LogP contribution in [-0.4, -0.2) is 0 Å². The normalized spacial score (nSPS) is 12.6. The summed E-state index contributed by atoms with van der Waals surface area (Å²) in [7, 11) is 0. The minimum atomic E-state index is 0.0448. The molecule has 0 amide bonds. The van der Waals surface area contributed by atoms with E-state index in [0.29, 0.717) is 0 Å². The van der Waals surface area contributed by atoms with Gasteiger partial charge in [-0.1, -0.05) is 30.7 Å². The number of aryl methyl sites for hydroxylation is 1. The number of alkyl halides is 1. The van der Waals surface area contributed by atoms with Crippen LogP contribution in [0, 0.1) is 0 Å². The van der Waals surface area contributed by atoms with Crippen molar-refractivity contribution in [3.63, 3.8) is 0 Å². The van der Waals surface area contributed by atoms with Crippen LogP contribution in [0.5, 0.6) is 0 Å². The summed E-state index contributed by atoms with van der Waals surface area (Å²) in [4.78, 5) is 1.29. The number of hydrogen-bond acceptors (Lipinski definition) is 1. The first-order chi connectivity index (χ1) is 8.20. The minimum absolute atomic E-state index is 0.0448. The molecule has 0 fully saturated rings. The molecule has 0 aliphatic carbocycles. The number of rotatable bonds is 4. The Hall–Kier alpha value is -0.500. The molecule has 0 radical (unpaired) electrons. The molecule has 0 saturated carbocycles. The Kier molecular flexibility index (Phi) is 4.49. The SMILES string of the molecule is CCc1ccsc1C(Cl)Cc1cccc(Cl)c1. The summed E-state index contributed by atoms with van der Waals surface area (Å²) in [6, 6.07) is 10.1. The Labute approximate surface area is 116 Å². The van der Waals surface area contributed by atoms with Gasteiger partial charge in [0.05, 0.1) is 5.38 Å². The van der Waals surface area contributed by atoms with Crippen LogP contribution in [0.2, 0.25) is 5.02 Å². The molecule has 17 heavy (non-hydrogen) atoms. The van der Waals surface area contributed by atoms with Crippen molar-refractivity contribution in [3.05, 3.63) is 56.7 Å². The molecule has 0 nitrogen and oxygen atoms in total. The lowest BCUT2D eigenvalue weighted by Crippen LogP contribution is -1.96. The molecule has 0 bridgehead atoms. The highest BCUT2D eigenvalue weighted by Crippen LogP contribution is 2.32. The van der Waals surface area contributed by atoms with Gasteiger partial charge in [-0.3, -0.25) is 0 Å². The second-order valence-corrected chi connectivity index (χ2v) is 5.88. The van der Waals surface area contributed by atoms with Crippen molar-refractivity contribution in [2.24, 2.45) is 0 Å². The number of thiophene rings is 1. The molecule has 0 aliphatic rings. The highest BCUT2D eigenvalue weighted by molar-refractivity contribution is 7.10. The molecule has 2 aromatic rings. The zero-order valence-electron chi connectivity index (χ0n) is 9.62. The van der Waals surface area contributed by atoms with E-state index >= 15 is 0 Å². The molecule has 90 valence electrons. The van der Waals surface area contributed by atoms with Crippen molar-refractivity contribution in [2.45, 2.75) is 25.1 Å². The first-order valence-corrected chi connectivity index (χ1v) is 7.35. The van der Waals surface area contributed by atoms with E-state index in [1.807, 2.05) is 18.2 Å². The average Bonchev–Trinajstić information content (AvgIpc) is 2.77. The summed E-state index contributed by atoms with van der Waals surface area (Å²) in [6.45, 7) is 2.16. The van der Waals surface area contributed by atoms with Crippen molar-refractivity contribution in [3.8, 4) is 0 Å². The maximum atomic E-state index is 6.49. The highest BCUT2D eigenvalue weighted by atomic mass is 35.5. The van der Waals surface area contributed by atoms with Crippen molar-refractivity contribution in [2.75, 3.05) is 0 Å². The molecule has 2 rings (SSSR count). The number of halogens is 2. The number of hydrogen-bond donors (Lipinski definition) is 0. The van der Waals surface area contributed by atoms with Gasteiger partial charge in [-0.2, -0.15) is 0 Å². The van der Waals surface area contributed by atoms with Gasteiger partial charge in [0, 0.05) is 9.90 Å². The largest absolute Gasteiger partial charge is 0.147 e. The topological polar surface area (TPSA) is 0 Å². The quantitative estimate of drug-likeness (QED) is 0.652. The predicted octanol–water partition coefficient (Wildman–Crippen LogP) is 5.49. The standard InChI is InChI=1S/C14H14Cl2S/c1-2-11-6-7-17-14(11)13(16)9-10-4-3-5-12(15)8-10/h3-8,13H,2,9H2,1H3. The molecule has 1 aromatic heterocycles. The lowest BCUT2D eigenvalue weighted by atomic mass is 10.1. The molecular formula is C14H14Cl2S. The van der Waals surface area contributed by atoms with E-state index in [0.717, 1.165) is 17.9 Å². The summed E-state index contributed by atoms with van der Waals surface area (Å²) in [5.41, 5.74) is 2.55. The van der Waals surface area contributed by atoms with Crippen molar-refractivity contribution in [1.82, 2.24) is 0 Å². The molecule has 3 heteroatoms. The van der Waals surface area contributed by atoms with E-state index in [2.05, 4.69) is 24.4 Å². The average molecular weight is 285 g/mol. The van der Waals surface area contributed by atoms with Crippen molar-refractivity contribution in [1.29, 1.82) is 0 Å². The predicted molar refractivity (Wildman–Crippen MR) is 77.4 cm³/mol. The van der Waals surface area contributed by atoms with Gasteiger partial charge < -0.3 is 0 Å². The smallest absolute Gasteiger partial charge is 0.0721 e. The summed E-state index contributed by atoms with van der Waals surface area (Å²) in [6.07, 6.45) is 1.87. The van der Waals surface area contributed by atoms with Gasteiger partial charge in [-0.25, -0.2) is 0 Å². The molecular weight excluding hydrogens is 271 g/mol. The van der Waals surface area contributed by atoms with Crippen LogP contribution in [0.15, 0.2) is 35.7 Å². The van der Waals surface area contributed by atoms with Gasteiger partial charge in [0.2, 0.25) is 0 Å². The van der Waals surface area contributed by atoms with Gasteiger partial charge in [0.1, 0.15) is 0 Å². The summed E-state index contributed by atoms with van der Waals surface area (Å²) >= 11 is 14.2. The monoisotopic (exact) mass is 284 g/mol. The maximum absolute atomic E-state index is 6.49.